The van der Waals surface area contributed by atoms with Crippen LogP contribution in [0.3, 0.4) is 0 Å². The first-order valence-corrected chi connectivity index (χ1v) is 8.15. The van der Waals surface area contributed by atoms with Gasteiger partial charge in [0.2, 0.25) is 5.95 Å². The molecule has 1 unspecified atom stereocenters. The molecule has 7 heteroatoms. The van der Waals surface area contributed by atoms with E-state index in [4.69, 9.17) is 34.8 Å². The van der Waals surface area contributed by atoms with Crippen LogP contribution in [0.5, 0.6) is 0 Å². The molecule has 2 aromatic rings. The van der Waals surface area contributed by atoms with Gasteiger partial charge in [-0.15, -0.1) is 0 Å². The van der Waals surface area contributed by atoms with E-state index in [0.717, 1.165) is 37.6 Å². The molecule has 0 radical (unpaired) electrons. The molecule has 1 fully saturated rings. The SMILES string of the molecule is Clc1cnc(N2CCC(NCc3ccc(Cl)cc3Cl)C2)nc1. The lowest BCUT2D eigenvalue weighted by molar-refractivity contribution is 0.551. The Labute approximate surface area is 144 Å². The number of rotatable bonds is 4. The Balaban J connectivity index is 1.56. The Morgan fingerprint density at radius 3 is 2.64 bits per heavy atom. The normalized spacial score (nSPS) is 18.0. The maximum atomic E-state index is 6.19. The molecule has 1 saturated heterocycles. The molecule has 0 bridgehead atoms. The summed E-state index contributed by atoms with van der Waals surface area (Å²) in [6, 6.07) is 5.95. The minimum Gasteiger partial charge on any atom is -0.339 e. The molecule has 0 spiro atoms. The highest BCUT2D eigenvalue weighted by Gasteiger charge is 2.23. The van der Waals surface area contributed by atoms with E-state index >= 15 is 0 Å². The van der Waals surface area contributed by atoms with Gasteiger partial charge in [0.05, 0.1) is 17.4 Å². The third kappa shape index (κ3) is 3.82. The van der Waals surface area contributed by atoms with Crippen molar-refractivity contribution in [2.24, 2.45) is 0 Å². The minimum atomic E-state index is 0.381. The third-order valence-corrected chi connectivity index (χ3v) is 4.46. The number of benzene rings is 1. The van der Waals surface area contributed by atoms with Crippen LogP contribution in [0.15, 0.2) is 30.6 Å². The number of anilines is 1. The van der Waals surface area contributed by atoms with Crippen LogP contribution in [-0.2, 0) is 6.54 Å². The topological polar surface area (TPSA) is 41.1 Å². The van der Waals surface area contributed by atoms with Gasteiger partial charge in [-0.2, -0.15) is 0 Å². The van der Waals surface area contributed by atoms with E-state index in [-0.39, 0.29) is 0 Å². The molecule has 1 N–H and O–H groups in total. The Morgan fingerprint density at radius 2 is 1.91 bits per heavy atom. The summed E-state index contributed by atoms with van der Waals surface area (Å²) in [6.07, 6.45) is 4.29. The number of aromatic nitrogens is 2. The zero-order valence-electron chi connectivity index (χ0n) is 11.8. The molecule has 3 rings (SSSR count). The van der Waals surface area contributed by atoms with Crippen molar-refractivity contribution in [3.8, 4) is 0 Å². The largest absolute Gasteiger partial charge is 0.339 e. The number of nitrogens with zero attached hydrogens (tertiary/aromatic N) is 3. The van der Waals surface area contributed by atoms with Gasteiger partial charge in [0.15, 0.2) is 0 Å². The summed E-state index contributed by atoms with van der Waals surface area (Å²) in [7, 11) is 0. The molecule has 1 aromatic heterocycles. The van der Waals surface area contributed by atoms with Gasteiger partial charge in [0.25, 0.3) is 0 Å². The van der Waals surface area contributed by atoms with Crippen molar-refractivity contribution in [3.05, 3.63) is 51.2 Å². The van der Waals surface area contributed by atoms with Gasteiger partial charge in [-0.1, -0.05) is 40.9 Å². The lowest BCUT2D eigenvalue weighted by Gasteiger charge is -2.17. The summed E-state index contributed by atoms with van der Waals surface area (Å²) < 4.78 is 0. The quantitative estimate of drug-likeness (QED) is 0.903. The maximum absolute atomic E-state index is 6.19. The van der Waals surface area contributed by atoms with Crippen molar-refractivity contribution < 1.29 is 0 Å². The first kappa shape index (κ1) is 15.8. The molecule has 1 atom stereocenters. The van der Waals surface area contributed by atoms with E-state index in [1.165, 1.54) is 0 Å². The van der Waals surface area contributed by atoms with Crippen LogP contribution in [-0.4, -0.2) is 29.1 Å². The molecule has 1 aromatic carbocycles. The molecule has 116 valence electrons. The van der Waals surface area contributed by atoms with Crippen LogP contribution in [0.2, 0.25) is 15.1 Å². The molecule has 2 heterocycles. The highest BCUT2D eigenvalue weighted by Crippen LogP contribution is 2.22. The smallest absolute Gasteiger partial charge is 0.225 e. The van der Waals surface area contributed by atoms with Crippen LogP contribution in [0.4, 0.5) is 5.95 Å². The van der Waals surface area contributed by atoms with Crippen LogP contribution in [0, 0.1) is 0 Å². The van der Waals surface area contributed by atoms with Gasteiger partial charge in [-0.3, -0.25) is 0 Å². The number of hydrogen-bond donors (Lipinski definition) is 1. The van der Waals surface area contributed by atoms with Crippen molar-refractivity contribution in [2.45, 2.75) is 19.0 Å². The van der Waals surface area contributed by atoms with Crippen molar-refractivity contribution in [2.75, 3.05) is 18.0 Å². The van der Waals surface area contributed by atoms with E-state index in [1.54, 1.807) is 18.5 Å². The van der Waals surface area contributed by atoms with Crippen molar-refractivity contribution in [1.29, 1.82) is 0 Å². The van der Waals surface area contributed by atoms with E-state index in [2.05, 4.69) is 20.2 Å². The molecular weight excluding hydrogens is 343 g/mol. The second-order valence-electron chi connectivity index (χ2n) is 5.25. The molecule has 1 aliphatic rings. The summed E-state index contributed by atoms with van der Waals surface area (Å²) in [5.41, 5.74) is 1.05. The Morgan fingerprint density at radius 1 is 1.14 bits per heavy atom. The van der Waals surface area contributed by atoms with Gasteiger partial charge in [0, 0.05) is 35.7 Å². The van der Waals surface area contributed by atoms with E-state index in [1.807, 2.05) is 12.1 Å². The maximum Gasteiger partial charge on any atom is 0.225 e. The fraction of sp³-hybridized carbons (Fsp3) is 0.333. The average Bonchev–Trinajstić information content (AvgIpc) is 2.96. The van der Waals surface area contributed by atoms with Crippen LogP contribution in [0.25, 0.3) is 0 Å². The molecule has 0 aliphatic carbocycles. The number of nitrogens with one attached hydrogen (secondary N) is 1. The van der Waals surface area contributed by atoms with Gasteiger partial charge in [-0.25, -0.2) is 9.97 Å². The van der Waals surface area contributed by atoms with Crippen LogP contribution >= 0.6 is 34.8 Å². The van der Waals surface area contributed by atoms with Crippen molar-refractivity contribution >= 4 is 40.8 Å². The number of hydrogen-bond acceptors (Lipinski definition) is 4. The summed E-state index contributed by atoms with van der Waals surface area (Å²) in [5.74, 6) is 0.721. The highest BCUT2D eigenvalue weighted by atomic mass is 35.5. The molecule has 1 aliphatic heterocycles. The van der Waals surface area contributed by atoms with Crippen LogP contribution < -0.4 is 10.2 Å². The van der Waals surface area contributed by atoms with Crippen molar-refractivity contribution in [1.82, 2.24) is 15.3 Å². The number of halogens is 3. The summed E-state index contributed by atoms with van der Waals surface area (Å²) in [4.78, 5) is 10.7. The Bertz CT molecular complexity index is 648. The molecular formula is C15H15Cl3N4. The molecule has 4 nitrogen and oxygen atoms in total. The summed E-state index contributed by atoms with van der Waals surface area (Å²) >= 11 is 17.9. The minimum absolute atomic E-state index is 0.381. The average molecular weight is 358 g/mol. The predicted octanol–water partition coefficient (Wildman–Crippen LogP) is 3.81. The van der Waals surface area contributed by atoms with E-state index in [0.29, 0.717) is 21.1 Å². The second-order valence-corrected chi connectivity index (χ2v) is 6.53. The van der Waals surface area contributed by atoms with Crippen molar-refractivity contribution in [3.63, 3.8) is 0 Å². The lowest BCUT2D eigenvalue weighted by atomic mass is 10.2. The van der Waals surface area contributed by atoms with Crippen LogP contribution in [0.1, 0.15) is 12.0 Å². The second kappa shape index (κ2) is 7.01. The summed E-state index contributed by atoms with van der Waals surface area (Å²) in [5, 5.41) is 5.41. The monoisotopic (exact) mass is 356 g/mol. The predicted molar refractivity (Wildman–Crippen MR) is 91.0 cm³/mol. The van der Waals surface area contributed by atoms with E-state index in [9.17, 15) is 0 Å². The van der Waals surface area contributed by atoms with Gasteiger partial charge in [0.1, 0.15) is 0 Å². The fourth-order valence-electron chi connectivity index (χ4n) is 2.50. The van der Waals surface area contributed by atoms with Gasteiger partial charge in [-0.05, 0) is 24.1 Å². The zero-order valence-corrected chi connectivity index (χ0v) is 14.0. The molecule has 22 heavy (non-hydrogen) atoms. The Kier molecular flexibility index (Phi) is 5.03. The standard InChI is InChI=1S/C15H15Cl3N4/c16-11-2-1-10(14(18)5-11)6-19-13-3-4-22(9-13)15-20-7-12(17)8-21-15/h1-2,5,7-8,13,19H,3-4,6,9H2. The van der Waals surface area contributed by atoms with Gasteiger partial charge >= 0.3 is 0 Å². The van der Waals surface area contributed by atoms with E-state index < -0.39 is 0 Å². The molecule has 0 amide bonds. The summed E-state index contributed by atoms with van der Waals surface area (Å²) in [6.45, 7) is 2.51. The fourth-order valence-corrected chi connectivity index (χ4v) is 3.07. The lowest BCUT2D eigenvalue weighted by Crippen LogP contribution is -2.32. The first-order chi connectivity index (χ1) is 10.6. The first-order valence-electron chi connectivity index (χ1n) is 7.01. The molecule has 0 saturated carbocycles. The highest BCUT2D eigenvalue weighted by molar-refractivity contribution is 6.35. The third-order valence-electron chi connectivity index (χ3n) is 3.67. The van der Waals surface area contributed by atoms with Gasteiger partial charge < -0.3 is 10.2 Å². The zero-order chi connectivity index (χ0) is 15.5. The Hall–Kier alpha value is -1.07.